The smallest absolute Gasteiger partial charge is 0.270 e. The van der Waals surface area contributed by atoms with E-state index in [1.165, 1.54) is 12.1 Å². The second kappa shape index (κ2) is 8.57. The Morgan fingerprint density at radius 1 is 1.16 bits per heavy atom. The highest BCUT2D eigenvalue weighted by Crippen LogP contribution is 2.31. The van der Waals surface area contributed by atoms with Crippen LogP contribution in [-0.2, 0) is 0 Å². The first kappa shape index (κ1) is 20.5. The number of hydrogen-bond acceptors (Lipinski definition) is 7. The highest BCUT2D eigenvalue weighted by Gasteiger charge is 2.23. The molecule has 4 rings (SSSR count). The van der Waals surface area contributed by atoms with Crippen LogP contribution < -0.4 is 15.0 Å². The van der Waals surface area contributed by atoms with Gasteiger partial charge in [0.25, 0.3) is 11.6 Å². The fraction of sp³-hybridized carbons (Fsp3) is 0.273. The molecule has 1 fully saturated rings. The first-order valence-corrected chi connectivity index (χ1v) is 9.92. The van der Waals surface area contributed by atoms with Gasteiger partial charge < -0.3 is 19.9 Å². The van der Waals surface area contributed by atoms with Crippen LogP contribution in [0.2, 0.25) is 0 Å². The van der Waals surface area contributed by atoms with E-state index in [4.69, 9.17) is 4.74 Å². The maximum absolute atomic E-state index is 13.3. The SMILES string of the molecule is COc1cc(NC(=O)c2cc([N+](=O)[O-])ccc2N2CCN(C)CC2)c2ncccc2c1. The molecule has 0 bridgehead atoms. The second-order valence-electron chi connectivity index (χ2n) is 7.45. The fourth-order valence-corrected chi connectivity index (χ4v) is 3.71. The molecule has 1 N–H and O–H groups in total. The van der Waals surface area contributed by atoms with Gasteiger partial charge in [-0.3, -0.25) is 19.9 Å². The van der Waals surface area contributed by atoms with Crippen LogP contribution in [0, 0.1) is 10.1 Å². The van der Waals surface area contributed by atoms with Gasteiger partial charge in [0.05, 0.1) is 34.5 Å². The van der Waals surface area contributed by atoms with Crippen molar-refractivity contribution in [2.24, 2.45) is 0 Å². The Bertz CT molecular complexity index is 1140. The third-order valence-electron chi connectivity index (χ3n) is 5.44. The molecule has 1 aromatic heterocycles. The van der Waals surface area contributed by atoms with Crippen LogP contribution in [0.25, 0.3) is 10.9 Å². The molecule has 0 saturated carbocycles. The van der Waals surface area contributed by atoms with E-state index < -0.39 is 10.8 Å². The largest absolute Gasteiger partial charge is 0.497 e. The topological polar surface area (TPSA) is 101 Å². The molecular weight excluding hydrogens is 398 g/mol. The number of hydrogen-bond donors (Lipinski definition) is 1. The number of fused-ring (bicyclic) bond motifs is 1. The molecule has 9 nitrogen and oxygen atoms in total. The number of anilines is 2. The lowest BCUT2D eigenvalue weighted by Gasteiger charge is -2.34. The Morgan fingerprint density at radius 2 is 1.94 bits per heavy atom. The van der Waals surface area contributed by atoms with Crippen LogP contribution in [0.15, 0.2) is 48.7 Å². The number of nitro groups is 1. The molecule has 2 heterocycles. The summed E-state index contributed by atoms with van der Waals surface area (Å²) in [4.78, 5) is 32.8. The number of nitro benzene ring substituents is 1. The van der Waals surface area contributed by atoms with Crippen molar-refractivity contribution in [2.45, 2.75) is 0 Å². The third-order valence-corrected chi connectivity index (χ3v) is 5.44. The minimum Gasteiger partial charge on any atom is -0.497 e. The van der Waals surface area contributed by atoms with Crippen LogP contribution in [-0.4, -0.2) is 61.1 Å². The summed E-state index contributed by atoms with van der Waals surface area (Å²) in [5.41, 5.74) is 1.90. The van der Waals surface area contributed by atoms with Gasteiger partial charge in [-0.15, -0.1) is 0 Å². The molecule has 0 aliphatic carbocycles. The van der Waals surface area contributed by atoms with Crippen molar-refractivity contribution in [2.75, 3.05) is 50.6 Å². The highest BCUT2D eigenvalue weighted by molar-refractivity contribution is 6.11. The van der Waals surface area contributed by atoms with Crippen LogP contribution in [0.3, 0.4) is 0 Å². The van der Waals surface area contributed by atoms with Crippen molar-refractivity contribution in [3.63, 3.8) is 0 Å². The van der Waals surface area contributed by atoms with Crippen molar-refractivity contribution >= 4 is 33.9 Å². The van der Waals surface area contributed by atoms with Crippen LogP contribution in [0.4, 0.5) is 17.1 Å². The zero-order chi connectivity index (χ0) is 22.0. The zero-order valence-electron chi connectivity index (χ0n) is 17.4. The Hall–Kier alpha value is -3.72. The normalized spacial score (nSPS) is 14.5. The molecule has 0 unspecified atom stereocenters. The van der Waals surface area contributed by atoms with Gasteiger partial charge >= 0.3 is 0 Å². The van der Waals surface area contributed by atoms with E-state index in [-0.39, 0.29) is 11.3 Å². The summed E-state index contributed by atoms with van der Waals surface area (Å²) in [6.07, 6.45) is 1.65. The van der Waals surface area contributed by atoms with Crippen molar-refractivity contribution < 1.29 is 14.5 Å². The molecule has 160 valence electrons. The molecule has 1 amide bonds. The number of carbonyl (C=O) groups excluding carboxylic acids is 1. The molecule has 0 spiro atoms. The van der Waals surface area contributed by atoms with Crippen LogP contribution in [0.5, 0.6) is 5.75 Å². The Labute approximate surface area is 179 Å². The minimum atomic E-state index is -0.493. The van der Waals surface area contributed by atoms with E-state index in [1.54, 1.807) is 31.5 Å². The fourth-order valence-electron chi connectivity index (χ4n) is 3.71. The highest BCUT2D eigenvalue weighted by atomic mass is 16.6. The lowest BCUT2D eigenvalue weighted by atomic mass is 10.1. The number of benzene rings is 2. The van der Waals surface area contributed by atoms with E-state index in [0.717, 1.165) is 31.6 Å². The van der Waals surface area contributed by atoms with Gasteiger partial charge in [-0.05, 0) is 25.2 Å². The van der Waals surface area contributed by atoms with Gasteiger partial charge in [-0.2, -0.15) is 0 Å². The first-order chi connectivity index (χ1) is 15.0. The number of non-ortho nitro benzene ring substituents is 1. The number of likely N-dealkylation sites (N-methyl/N-ethyl adjacent to an activating group) is 1. The van der Waals surface area contributed by atoms with Gasteiger partial charge in [0.1, 0.15) is 5.75 Å². The lowest BCUT2D eigenvalue weighted by molar-refractivity contribution is -0.384. The summed E-state index contributed by atoms with van der Waals surface area (Å²) < 4.78 is 5.35. The third kappa shape index (κ3) is 4.26. The standard InChI is InChI=1S/C22H23N5O4/c1-25-8-10-26(11-9-25)20-6-5-16(27(29)30)13-18(20)22(28)24-19-14-17(31-2)12-15-4-3-7-23-21(15)19/h3-7,12-14H,8-11H2,1-2H3,(H,24,28). The first-order valence-electron chi connectivity index (χ1n) is 9.92. The molecule has 9 heteroatoms. The van der Waals surface area contributed by atoms with Crippen molar-refractivity contribution in [3.05, 3.63) is 64.3 Å². The average Bonchev–Trinajstić information content (AvgIpc) is 2.79. The van der Waals surface area contributed by atoms with Gasteiger partial charge in [0, 0.05) is 56.0 Å². The minimum absolute atomic E-state index is 0.128. The number of carbonyl (C=O) groups is 1. The number of piperazine rings is 1. The van der Waals surface area contributed by atoms with Gasteiger partial charge in [-0.25, -0.2) is 0 Å². The van der Waals surface area contributed by atoms with Gasteiger partial charge in [0.15, 0.2) is 0 Å². The average molecular weight is 421 g/mol. The van der Waals surface area contributed by atoms with E-state index in [9.17, 15) is 14.9 Å². The Balaban J connectivity index is 1.73. The summed E-state index contributed by atoms with van der Waals surface area (Å²) in [5.74, 6) is 0.145. The quantitative estimate of drug-likeness (QED) is 0.499. The van der Waals surface area contributed by atoms with Crippen LogP contribution in [0.1, 0.15) is 10.4 Å². The molecule has 0 radical (unpaired) electrons. The summed E-state index contributed by atoms with van der Waals surface area (Å²) in [5, 5.41) is 15.1. The van der Waals surface area contributed by atoms with E-state index in [1.807, 2.05) is 19.2 Å². The number of nitrogens with zero attached hydrogens (tertiary/aromatic N) is 4. The van der Waals surface area contributed by atoms with E-state index >= 15 is 0 Å². The van der Waals surface area contributed by atoms with E-state index in [0.29, 0.717) is 22.6 Å². The predicted octanol–water partition coefficient (Wildman–Crippen LogP) is 3.16. The number of rotatable bonds is 5. The van der Waals surface area contributed by atoms with Crippen LogP contribution >= 0.6 is 0 Å². The summed E-state index contributed by atoms with van der Waals surface area (Å²) in [6.45, 7) is 3.17. The maximum Gasteiger partial charge on any atom is 0.270 e. The molecule has 31 heavy (non-hydrogen) atoms. The number of pyridine rings is 1. The molecule has 1 aliphatic heterocycles. The summed E-state index contributed by atoms with van der Waals surface area (Å²) in [7, 11) is 3.59. The number of methoxy groups -OCH3 is 1. The second-order valence-corrected chi connectivity index (χ2v) is 7.45. The van der Waals surface area contributed by atoms with Crippen molar-refractivity contribution in [3.8, 4) is 5.75 Å². The number of ether oxygens (including phenoxy) is 1. The predicted molar refractivity (Wildman–Crippen MR) is 119 cm³/mol. The monoisotopic (exact) mass is 421 g/mol. The Kier molecular flexibility index (Phi) is 5.68. The number of nitrogens with one attached hydrogen (secondary N) is 1. The Morgan fingerprint density at radius 3 is 2.65 bits per heavy atom. The van der Waals surface area contributed by atoms with Crippen molar-refractivity contribution in [1.82, 2.24) is 9.88 Å². The summed E-state index contributed by atoms with van der Waals surface area (Å²) in [6, 6.07) is 11.6. The zero-order valence-corrected chi connectivity index (χ0v) is 17.4. The van der Waals surface area contributed by atoms with Gasteiger partial charge in [-0.1, -0.05) is 6.07 Å². The molecule has 2 aromatic carbocycles. The molecular formula is C22H23N5O4. The summed E-state index contributed by atoms with van der Waals surface area (Å²) >= 11 is 0. The molecule has 1 saturated heterocycles. The maximum atomic E-state index is 13.3. The van der Waals surface area contributed by atoms with Gasteiger partial charge in [0.2, 0.25) is 0 Å². The number of amides is 1. The molecule has 3 aromatic rings. The lowest BCUT2D eigenvalue weighted by Crippen LogP contribution is -2.45. The van der Waals surface area contributed by atoms with Crippen molar-refractivity contribution in [1.29, 1.82) is 0 Å². The molecule has 1 aliphatic rings. The van der Waals surface area contributed by atoms with E-state index in [2.05, 4.69) is 20.1 Å². The number of aromatic nitrogens is 1. The molecule has 0 atom stereocenters.